The molecule has 0 radical (unpaired) electrons. The highest BCUT2D eigenvalue weighted by Crippen LogP contribution is 2.10. The van der Waals surface area contributed by atoms with Crippen molar-refractivity contribution >= 4 is 18.3 Å². The number of carbonyl (C=O) groups is 1. The number of nitrogens with zero attached hydrogens (tertiary/aromatic N) is 1. The van der Waals surface area contributed by atoms with Gasteiger partial charge in [0, 0.05) is 31.6 Å². The van der Waals surface area contributed by atoms with Gasteiger partial charge in [-0.2, -0.15) is 0 Å². The smallest absolute Gasteiger partial charge is 0.219 e. The highest BCUT2D eigenvalue weighted by atomic mass is 35.5. The Bertz CT molecular complexity index is 211. The van der Waals surface area contributed by atoms with E-state index in [2.05, 4.69) is 10.2 Å². The van der Waals surface area contributed by atoms with Crippen LogP contribution in [0.4, 0.5) is 0 Å². The van der Waals surface area contributed by atoms with Crippen LogP contribution in [0.1, 0.15) is 33.1 Å². The van der Waals surface area contributed by atoms with Gasteiger partial charge in [0.25, 0.3) is 0 Å². The molecule has 0 bridgehead atoms. The van der Waals surface area contributed by atoms with Crippen molar-refractivity contribution in [1.29, 1.82) is 0 Å². The third-order valence-electron chi connectivity index (χ3n) is 2.74. The third kappa shape index (κ3) is 5.68. The van der Waals surface area contributed by atoms with E-state index in [-0.39, 0.29) is 24.4 Å². The Morgan fingerprint density at radius 3 is 2.88 bits per heavy atom. The standard InChI is InChI=1S/C11H23N3O.ClH/c1-3-11(15)13-10-5-4-6-14(8-10)7-9(2)12;/h9-10H,3-8,12H2,1-2H3,(H,13,15);1H. The molecule has 0 aromatic rings. The molecular weight excluding hydrogens is 226 g/mol. The summed E-state index contributed by atoms with van der Waals surface area (Å²) in [5.74, 6) is 0.155. The maximum absolute atomic E-state index is 11.3. The fourth-order valence-corrected chi connectivity index (χ4v) is 2.08. The van der Waals surface area contributed by atoms with Crippen molar-refractivity contribution in [3.8, 4) is 0 Å². The number of nitrogens with one attached hydrogen (secondary N) is 1. The summed E-state index contributed by atoms with van der Waals surface area (Å²) in [5.41, 5.74) is 5.77. The average molecular weight is 250 g/mol. The van der Waals surface area contributed by atoms with E-state index >= 15 is 0 Å². The predicted octanol–water partition coefficient (Wildman–Crippen LogP) is 0.746. The van der Waals surface area contributed by atoms with Crippen LogP contribution in [0.3, 0.4) is 0 Å². The van der Waals surface area contributed by atoms with Crippen LogP contribution >= 0.6 is 12.4 Å². The van der Waals surface area contributed by atoms with E-state index in [1.54, 1.807) is 0 Å². The topological polar surface area (TPSA) is 58.4 Å². The largest absolute Gasteiger partial charge is 0.352 e. The molecule has 5 heteroatoms. The zero-order valence-corrected chi connectivity index (χ0v) is 11.1. The third-order valence-corrected chi connectivity index (χ3v) is 2.74. The van der Waals surface area contributed by atoms with Crippen molar-refractivity contribution in [1.82, 2.24) is 10.2 Å². The summed E-state index contributed by atoms with van der Waals surface area (Å²) in [6.45, 7) is 6.90. The molecule has 1 rings (SSSR count). The van der Waals surface area contributed by atoms with E-state index in [0.717, 1.165) is 32.5 Å². The SMILES string of the molecule is CCC(=O)NC1CCCN(CC(C)N)C1.Cl. The summed E-state index contributed by atoms with van der Waals surface area (Å²) >= 11 is 0. The second-order valence-corrected chi connectivity index (χ2v) is 4.50. The molecule has 0 saturated carbocycles. The first kappa shape index (κ1) is 15.7. The monoisotopic (exact) mass is 249 g/mol. The second-order valence-electron chi connectivity index (χ2n) is 4.50. The van der Waals surface area contributed by atoms with Gasteiger partial charge in [0.05, 0.1) is 0 Å². The van der Waals surface area contributed by atoms with Gasteiger partial charge in [0.2, 0.25) is 5.91 Å². The Hall–Kier alpha value is -0.320. The second kappa shape index (κ2) is 7.87. The Kier molecular flexibility index (Phi) is 7.72. The number of carbonyl (C=O) groups excluding carboxylic acids is 1. The first-order valence-corrected chi connectivity index (χ1v) is 5.89. The summed E-state index contributed by atoms with van der Waals surface area (Å²) in [6.07, 6.45) is 2.83. The molecule has 2 unspecified atom stereocenters. The summed E-state index contributed by atoms with van der Waals surface area (Å²) in [4.78, 5) is 13.6. The number of rotatable bonds is 4. The molecule has 3 N–H and O–H groups in total. The van der Waals surface area contributed by atoms with Crippen molar-refractivity contribution < 1.29 is 4.79 Å². The fraction of sp³-hybridized carbons (Fsp3) is 0.909. The van der Waals surface area contributed by atoms with Crippen LogP contribution in [0.2, 0.25) is 0 Å². The van der Waals surface area contributed by atoms with E-state index in [4.69, 9.17) is 5.73 Å². The molecule has 1 aliphatic rings. The highest BCUT2D eigenvalue weighted by molar-refractivity contribution is 5.85. The molecule has 0 aromatic heterocycles. The lowest BCUT2D eigenvalue weighted by Gasteiger charge is -2.33. The quantitative estimate of drug-likeness (QED) is 0.773. The lowest BCUT2D eigenvalue weighted by molar-refractivity contribution is -0.121. The van der Waals surface area contributed by atoms with Crippen LogP contribution in [-0.4, -0.2) is 42.5 Å². The van der Waals surface area contributed by atoms with Gasteiger partial charge in [0.1, 0.15) is 0 Å². The van der Waals surface area contributed by atoms with Gasteiger partial charge >= 0.3 is 0 Å². The molecule has 2 atom stereocenters. The summed E-state index contributed by atoms with van der Waals surface area (Å²) in [6, 6.07) is 0.538. The zero-order valence-electron chi connectivity index (χ0n) is 10.2. The molecule has 1 amide bonds. The molecule has 4 nitrogen and oxygen atoms in total. The van der Waals surface area contributed by atoms with Gasteiger partial charge in [-0.15, -0.1) is 12.4 Å². The number of hydrogen-bond acceptors (Lipinski definition) is 3. The minimum Gasteiger partial charge on any atom is -0.352 e. The molecule has 1 heterocycles. The number of nitrogens with two attached hydrogens (primary N) is 1. The normalized spacial score (nSPS) is 23.3. The molecule has 96 valence electrons. The van der Waals surface area contributed by atoms with E-state index in [1.807, 2.05) is 13.8 Å². The molecular formula is C11H24ClN3O. The first-order valence-electron chi connectivity index (χ1n) is 5.89. The van der Waals surface area contributed by atoms with Crippen molar-refractivity contribution in [3.63, 3.8) is 0 Å². The van der Waals surface area contributed by atoms with Crippen LogP contribution in [0.15, 0.2) is 0 Å². The number of hydrogen-bond donors (Lipinski definition) is 2. The number of amides is 1. The molecule has 0 aromatic carbocycles. The first-order chi connectivity index (χ1) is 7.11. The Morgan fingerprint density at radius 1 is 1.62 bits per heavy atom. The minimum atomic E-state index is 0. The predicted molar refractivity (Wildman–Crippen MR) is 68.8 cm³/mol. The summed E-state index contributed by atoms with van der Waals surface area (Å²) in [5, 5.41) is 3.05. The molecule has 0 spiro atoms. The molecule has 1 fully saturated rings. The molecule has 1 saturated heterocycles. The Morgan fingerprint density at radius 2 is 2.31 bits per heavy atom. The van der Waals surface area contributed by atoms with E-state index in [0.29, 0.717) is 12.5 Å². The van der Waals surface area contributed by atoms with Crippen LogP contribution < -0.4 is 11.1 Å². The van der Waals surface area contributed by atoms with Gasteiger partial charge < -0.3 is 11.1 Å². The maximum Gasteiger partial charge on any atom is 0.219 e. The lowest BCUT2D eigenvalue weighted by Crippen LogP contribution is -2.50. The Labute approximate surface area is 104 Å². The van der Waals surface area contributed by atoms with Crippen LogP contribution in [0.5, 0.6) is 0 Å². The van der Waals surface area contributed by atoms with Crippen LogP contribution in [-0.2, 0) is 4.79 Å². The maximum atomic E-state index is 11.3. The van der Waals surface area contributed by atoms with Gasteiger partial charge in [-0.05, 0) is 26.3 Å². The number of likely N-dealkylation sites (tertiary alicyclic amines) is 1. The number of halogens is 1. The fourth-order valence-electron chi connectivity index (χ4n) is 2.08. The Balaban J connectivity index is 0.00000225. The zero-order chi connectivity index (χ0) is 11.3. The van der Waals surface area contributed by atoms with Crippen molar-refractivity contribution in [2.24, 2.45) is 5.73 Å². The summed E-state index contributed by atoms with van der Waals surface area (Å²) < 4.78 is 0. The van der Waals surface area contributed by atoms with Gasteiger partial charge in [-0.1, -0.05) is 6.92 Å². The number of piperidine rings is 1. The molecule has 1 aliphatic heterocycles. The average Bonchev–Trinajstić information content (AvgIpc) is 2.17. The lowest BCUT2D eigenvalue weighted by atomic mass is 10.0. The minimum absolute atomic E-state index is 0. The van der Waals surface area contributed by atoms with E-state index < -0.39 is 0 Å². The van der Waals surface area contributed by atoms with Gasteiger partial charge in [0.15, 0.2) is 0 Å². The van der Waals surface area contributed by atoms with Crippen molar-refractivity contribution in [2.75, 3.05) is 19.6 Å². The summed E-state index contributed by atoms with van der Waals surface area (Å²) in [7, 11) is 0. The van der Waals surface area contributed by atoms with Crippen LogP contribution in [0.25, 0.3) is 0 Å². The van der Waals surface area contributed by atoms with Gasteiger partial charge in [-0.3, -0.25) is 9.69 Å². The van der Waals surface area contributed by atoms with Gasteiger partial charge in [-0.25, -0.2) is 0 Å². The molecule has 0 aliphatic carbocycles. The van der Waals surface area contributed by atoms with Crippen LogP contribution in [0, 0.1) is 0 Å². The highest BCUT2D eigenvalue weighted by Gasteiger charge is 2.21. The molecule has 16 heavy (non-hydrogen) atoms. The van der Waals surface area contributed by atoms with Crippen molar-refractivity contribution in [3.05, 3.63) is 0 Å². The van der Waals surface area contributed by atoms with E-state index in [9.17, 15) is 4.79 Å². The van der Waals surface area contributed by atoms with Crippen molar-refractivity contribution in [2.45, 2.75) is 45.2 Å². The van der Waals surface area contributed by atoms with E-state index in [1.165, 1.54) is 0 Å².